The standard InChI is InChI=1S/C15H23BrN2O/c1-17-15(13-5-3-4-6-14(13)16)7-9-18(2)12-8-10-19-11-12/h3-6,12,15,17H,7-11H2,1-2H3. The maximum absolute atomic E-state index is 5.45. The van der Waals surface area contributed by atoms with Crippen molar-refractivity contribution in [3.05, 3.63) is 34.3 Å². The second-order valence-electron chi connectivity index (χ2n) is 5.15. The summed E-state index contributed by atoms with van der Waals surface area (Å²) in [6.45, 7) is 2.88. The summed E-state index contributed by atoms with van der Waals surface area (Å²) in [6, 6.07) is 9.43. The smallest absolute Gasteiger partial charge is 0.0622 e. The average molecular weight is 327 g/mol. The molecular weight excluding hydrogens is 304 g/mol. The Labute approximate surface area is 124 Å². The van der Waals surface area contributed by atoms with Crippen molar-refractivity contribution in [3.8, 4) is 0 Å². The number of nitrogens with zero attached hydrogens (tertiary/aromatic N) is 1. The molecule has 0 aromatic heterocycles. The molecule has 0 spiro atoms. The van der Waals surface area contributed by atoms with E-state index in [4.69, 9.17) is 4.74 Å². The van der Waals surface area contributed by atoms with Crippen LogP contribution in [0.15, 0.2) is 28.7 Å². The molecule has 0 aliphatic carbocycles. The van der Waals surface area contributed by atoms with E-state index in [2.05, 4.69) is 57.5 Å². The summed E-state index contributed by atoms with van der Waals surface area (Å²) in [5.74, 6) is 0. The van der Waals surface area contributed by atoms with Crippen molar-refractivity contribution < 1.29 is 4.74 Å². The molecule has 1 N–H and O–H groups in total. The molecule has 1 fully saturated rings. The monoisotopic (exact) mass is 326 g/mol. The third kappa shape index (κ3) is 4.02. The number of hydrogen-bond donors (Lipinski definition) is 1. The van der Waals surface area contributed by atoms with E-state index in [0.29, 0.717) is 12.1 Å². The fourth-order valence-electron chi connectivity index (χ4n) is 2.60. The minimum absolute atomic E-state index is 0.389. The van der Waals surface area contributed by atoms with Crippen LogP contribution >= 0.6 is 15.9 Å². The minimum Gasteiger partial charge on any atom is -0.380 e. The number of likely N-dealkylation sites (N-methyl/N-ethyl adjacent to an activating group) is 1. The molecule has 1 heterocycles. The van der Waals surface area contributed by atoms with E-state index >= 15 is 0 Å². The molecule has 4 heteroatoms. The van der Waals surface area contributed by atoms with Gasteiger partial charge in [-0.15, -0.1) is 0 Å². The number of nitrogens with one attached hydrogen (secondary N) is 1. The highest BCUT2D eigenvalue weighted by atomic mass is 79.9. The first-order chi connectivity index (χ1) is 9.22. The molecule has 1 aliphatic heterocycles. The van der Waals surface area contributed by atoms with Crippen LogP contribution < -0.4 is 5.32 Å². The van der Waals surface area contributed by atoms with Gasteiger partial charge in [-0.3, -0.25) is 0 Å². The van der Waals surface area contributed by atoms with Gasteiger partial charge in [0, 0.05) is 29.7 Å². The van der Waals surface area contributed by atoms with Gasteiger partial charge in [0.15, 0.2) is 0 Å². The van der Waals surface area contributed by atoms with E-state index in [1.807, 2.05) is 7.05 Å². The van der Waals surface area contributed by atoms with Gasteiger partial charge in [0.05, 0.1) is 6.61 Å². The summed E-state index contributed by atoms with van der Waals surface area (Å²) in [5.41, 5.74) is 1.33. The Balaban J connectivity index is 1.90. The van der Waals surface area contributed by atoms with Crippen molar-refractivity contribution in [1.29, 1.82) is 0 Å². The number of ether oxygens (including phenoxy) is 1. The summed E-state index contributed by atoms with van der Waals surface area (Å²) in [4.78, 5) is 2.42. The van der Waals surface area contributed by atoms with E-state index in [-0.39, 0.29) is 0 Å². The first-order valence-corrected chi connectivity index (χ1v) is 7.71. The van der Waals surface area contributed by atoms with Gasteiger partial charge in [0.2, 0.25) is 0 Å². The third-order valence-corrected chi connectivity index (χ3v) is 4.65. The number of benzene rings is 1. The Morgan fingerprint density at radius 3 is 2.89 bits per heavy atom. The Bertz CT molecular complexity index is 393. The molecular formula is C15H23BrN2O. The van der Waals surface area contributed by atoms with Crippen molar-refractivity contribution in [2.75, 3.05) is 33.9 Å². The SMILES string of the molecule is CNC(CCN(C)C1CCOC1)c1ccccc1Br. The van der Waals surface area contributed by atoms with Gasteiger partial charge in [-0.25, -0.2) is 0 Å². The van der Waals surface area contributed by atoms with Crippen molar-refractivity contribution in [2.24, 2.45) is 0 Å². The van der Waals surface area contributed by atoms with Crippen LogP contribution in [0.5, 0.6) is 0 Å². The van der Waals surface area contributed by atoms with Gasteiger partial charge >= 0.3 is 0 Å². The molecule has 1 aliphatic rings. The summed E-state index contributed by atoms with van der Waals surface area (Å²) >= 11 is 3.64. The Morgan fingerprint density at radius 2 is 2.26 bits per heavy atom. The van der Waals surface area contributed by atoms with Crippen molar-refractivity contribution in [3.63, 3.8) is 0 Å². The van der Waals surface area contributed by atoms with Crippen LogP contribution in [-0.4, -0.2) is 44.8 Å². The molecule has 1 aromatic carbocycles. The molecule has 2 unspecified atom stereocenters. The second kappa shape index (κ2) is 7.39. The van der Waals surface area contributed by atoms with Crippen LogP contribution in [0.1, 0.15) is 24.4 Å². The van der Waals surface area contributed by atoms with Crippen molar-refractivity contribution in [2.45, 2.75) is 24.9 Å². The third-order valence-electron chi connectivity index (χ3n) is 3.93. The summed E-state index contributed by atoms with van der Waals surface area (Å²) < 4.78 is 6.63. The van der Waals surface area contributed by atoms with Gasteiger partial charge in [-0.2, -0.15) is 0 Å². The lowest BCUT2D eigenvalue weighted by molar-refractivity contribution is 0.157. The zero-order chi connectivity index (χ0) is 13.7. The van der Waals surface area contributed by atoms with Crippen LogP contribution in [-0.2, 0) is 4.74 Å². The maximum atomic E-state index is 5.45. The van der Waals surface area contributed by atoms with E-state index in [9.17, 15) is 0 Å². The largest absolute Gasteiger partial charge is 0.380 e. The second-order valence-corrected chi connectivity index (χ2v) is 6.00. The molecule has 0 amide bonds. The maximum Gasteiger partial charge on any atom is 0.0622 e. The molecule has 0 saturated carbocycles. The fourth-order valence-corrected chi connectivity index (χ4v) is 3.16. The molecule has 106 valence electrons. The van der Waals surface area contributed by atoms with Crippen LogP contribution in [0.3, 0.4) is 0 Å². The van der Waals surface area contributed by atoms with Crippen LogP contribution in [0, 0.1) is 0 Å². The lowest BCUT2D eigenvalue weighted by Crippen LogP contribution is -2.34. The number of halogens is 1. The van der Waals surface area contributed by atoms with E-state index < -0.39 is 0 Å². The lowest BCUT2D eigenvalue weighted by Gasteiger charge is -2.26. The van der Waals surface area contributed by atoms with E-state index in [1.165, 1.54) is 10.0 Å². The summed E-state index contributed by atoms with van der Waals surface area (Å²) in [6.07, 6.45) is 2.27. The van der Waals surface area contributed by atoms with Gasteiger partial charge in [-0.05, 0) is 38.6 Å². The zero-order valence-electron chi connectivity index (χ0n) is 11.7. The summed E-state index contributed by atoms with van der Waals surface area (Å²) in [5, 5.41) is 3.42. The van der Waals surface area contributed by atoms with Gasteiger partial charge < -0.3 is 15.0 Å². The first-order valence-electron chi connectivity index (χ1n) is 6.92. The lowest BCUT2D eigenvalue weighted by atomic mass is 10.0. The van der Waals surface area contributed by atoms with Crippen LogP contribution in [0.4, 0.5) is 0 Å². The Hall–Kier alpha value is -0.420. The predicted octanol–water partition coefficient (Wildman–Crippen LogP) is 2.82. The molecule has 2 rings (SSSR count). The van der Waals surface area contributed by atoms with Gasteiger partial charge in [-0.1, -0.05) is 34.1 Å². The molecule has 3 nitrogen and oxygen atoms in total. The highest BCUT2D eigenvalue weighted by Crippen LogP contribution is 2.25. The summed E-state index contributed by atoms with van der Waals surface area (Å²) in [7, 11) is 4.23. The molecule has 1 aromatic rings. The predicted molar refractivity (Wildman–Crippen MR) is 82.4 cm³/mol. The normalized spacial score (nSPS) is 20.9. The molecule has 1 saturated heterocycles. The molecule has 0 radical (unpaired) electrons. The highest BCUT2D eigenvalue weighted by molar-refractivity contribution is 9.10. The molecule has 2 atom stereocenters. The Morgan fingerprint density at radius 1 is 1.47 bits per heavy atom. The highest BCUT2D eigenvalue weighted by Gasteiger charge is 2.21. The number of hydrogen-bond acceptors (Lipinski definition) is 3. The van der Waals surface area contributed by atoms with Crippen LogP contribution in [0.25, 0.3) is 0 Å². The quantitative estimate of drug-likeness (QED) is 0.870. The molecule has 19 heavy (non-hydrogen) atoms. The molecule has 0 bridgehead atoms. The Kier molecular flexibility index (Phi) is 5.82. The van der Waals surface area contributed by atoms with Crippen molar-refractivity contribution >= 4 is 15.9 Å². The van der Waals surface area contributed by atoms with E-state index in [0.717, 1.165) is 32.6 Å². The minimum atomic E-state index is 0.389. The zero-order valence-corrected chi connectivity index (χ0v) is 13.3. The fraction of sp³-hybridized carbons (Fsp3) is 0.600. The van der Waals surface area contributed by atoms with Gasteiger partial charge in [0.1, 0.15) is 0 Å². The first kappa shape index (κ1) is 15.0. The average Bonchev–Trinajstić information content (AvgIpc) is 2.95. The topological polar surface area (TPSA) is 24.5 Å². The van der Waals surface area contributed by atoms with Crippen molar-refractivity contribution in [1.82, 2.24) is 10.2 Å². The van der Waals surface area contributed by atoms with Gasteiger partial charge in [0.25, 0.3) is 0 Å². The van der Waals surface area contributed by atoms with E-state index in [1.54, 1.807) is 0 Å². The number of rotatable bonds is 6. The van der Waals surface area contributed by atoms with Crippen LogP contribution in [0.2, 0.25) is 0 Å².